The minimum atomic E-state index is -0.429. The summed E-state index contributed by atoms with van der Waals surface area (Å²) in [6.45, 7) is 2.74. The molecule has 0 saturated heterocycles. The average molecular weight is 273 g/mol. The standard InChI is InChI=1S/C14H15N3O3/c1-2-20-14-9-16-13(7-11(14)8-15)10-4-3-5-12(6-10)17(18)19/h3-7,9H,2,8,15H2,1H3. The summed E-state index contributed by atoms with van der Waals surface area (Å²) in [6.07, 6.45) is 1.60. The summed E-state index contributed by atoms with van der Waals surface area (Å²) in [6, 6.07) is 8.14. The fourth-order valence-corrected chi connectivity index (χ4v) is 1.87. The van der Waals surface area contributed by atoms with Crippen LogP contribution in [-0.2, 0) is 6.54 Å². The van der Waals surface area contributed by atoms with Crippen molar-refractivity contribution in [1.29, 1.82) is 0 Å². The SMILES string of the molecule is CCOc1cnc(-c2cccc([N+](=O)[O-])c2)cc1CN. The number of non-ortho nitro benzene ring substituents is 1. The molecule has 6 heteroatoms. The van der Waals surface area contributed by atoms with Gasteiger partial charge in [-0.15, -0.1) is 0 Å². The Morgan fingerprint density at radius 3 is 2.85 bits per heavy atom. The smallest absolute Gasteiger partial charge is 0.270 e. The normalized spacial score (nSPS) is 10.3. The summed E-state index contributed by atoms with van der Waals surface area (Å²) in [5.74, 6) is 0.643. The van der Waals surface area contributed by atoms with E-state index in [0.717, 1.165) is 5.56 Å². The molecule has 0 fully saturated rings. The van der Waals surface area contributed by atoms with Crippen LogP contribution >= 0.6 is 0 Å². The van der Waals surface area contributed by atoms with Crippen molar-refractivity contribution in [3.8, 4) is 17.0 Å². The Morgan fingerprint density at radius 1 is 1.40 bits per heavy atom. The highest BCUT2D eigenvalue weighted by molar-refractivity contribution is 5.64. The van der Waals surface area contributed by atoms with E-state index < -0.39 is 4.92 Å². The average Bonchev–Trinajstić information content (AvgIpc) is 2.48. The van der Waals surface area contributed by atoms with E-state index in [9.17, 15) is 10.1 Å². The molecule has 1 aromatic heterocycles. The first kappa shape index (κ1) is 14.0. The van der Waals surface area contributed by atoms with Gasteiger partial charge in [-0.25, -0.2) is 0 Å². The van der Waals surface area contributed by atoms with Crippen molar-refractivity contribution in [1.82, 2.24) is 4.98 Å². The largest absolute Gasteiger partial charge is 0.492 e. The van der Waals surface area contributed by atoms with Crippen LogP contribution in [0.2, 0.25) is 0 Å². The highest BCUT2D eigenvalue weighted by Gasteiger charge is 2.10. The van der Waals surface area contributed by atoms with Gasteiger partial charge in [0.2, 0.25) is 0 Å². The van der Waals surface area contributed by atoms with Crippen molar-refractivity contribution in [2.45, 2.75) is 13.5 Å². The molecule has 20 heavy (non-hydrogen) atoms. The van der Waals surface area contributed by atoms with E-state index in [-0.39, 0.29) is 5.69 Å². The Hall–Kier alpha value is -2.47. The summed E-state index contributed by atoms with van der Waals surface area (Å²) in [7, 11) is 0. The third kappa shape index (κ3) is 2.92. The predicted molar refractivity (Wildman–Crippen MR) is 75.4 cm³/mol. The van der Waals surface area contributed by atoms with Crippen molar-refractivity contribution in [2.75, 3.05) is 6.61 Å². The molecular weight excluding hydrogens is 258 g/mol. The third-order valence-electron chi connectivity index (χ3n) is 2.82. The van der Waals surface area contributed by atoms with Crippen LogP contribution in [-0.4, -0.2) is 16.5 Å². The number of pyridine rings is 1. The Bertz CT molecular complexity index is 629. The van der Waals surface area contributed by atoms with E-state index >= 15 is 0 Å². The maximum Gasteiger partial charge on any atom is 0.270 e. The lowest BCUT2D eigenvalue weighted by molar-refractivity contribution is -0.384. The lowest BCUT2D eigenvalue weighted by Gasteiger charge is -2.10. The molecule has 0 unspecified atom stereocenters. The van der Waals surface area contributed by atoms with Crippen LogP contribution in [0.25, 0.3) is 11.3 Å². The van der Waals surface area contributed by atoms with Crippen molar-refractivity contribution in [2.24, 2.45) is 5.73 Å². The number of nitro groups is 1. The van der Waals surface area contributed by atoms with Gasteiger partial charge in [0.05, 0.1) is 23.4 Å². The van der Waals surface area contributed by atoms with Crippen molar-refractivity contribution < 1.29 is 9.66 Å². The van der Waals surface area contributed by atoms with Crippen molar-refractivity contribution >= 4 is 5.69 Å². The molecule has 6 nitrogen and oxygen atoms in total. The summed E-state index contributed by atoms with van der Waals surface area (Å²) in [5.41, 5.74) is 7.86. The van der Waals surface area contributed by atoms with Gasteiger partial charge in [0.25, 0.3) is 5.69 Å². The van der Waals surface area contributed by atoms with Crippen molar-refractivity contribution in [3.05, 3.63) is 52.2 Å². The maximum absolute atomic E-state index is 10.8. The Labute approximate surface area is 116 Å². The summed E-state index contributed by atoms with van der Waals surface area (Å²) in [4.78, 5) is 14.6. The molecule has 0 bridgehead atoms. The minimum absolute atomic E-state index is 0.0347. The molecule has 0 aliphatic heterocycles. The molecular formula is C14H15N3O3. The van der Waals surface area contributed by atoms with Crippen LogP contribution in [0.4, 0.5) is 5.69 Å². The van der Waals surface area contributed by atoms with E-state index in [1.807, 2.05) is 6.92 Å². The number of aromatic nitrogens is 1. The summed E-state index contributed by atoms with van der Waals surface area (Å²) >= 11 is 0. The highest BCUT2D eigenvalue weighted by atomic mass is 16.6. The van der Waals surface area contributed by atoms with E-state index in [1.54, 1.807) is 24.4 Å². The minimum Gasteiger partial charge on any atom is -0.492 e. The van der Waals surface area contributed by atoms with E-state index in [2.05, 4.69) is 4.98 Å². The molecule has 1 heterocycles. The first-order chi connectivity index (χ1) is 9.65. The van der Waals surface area contributed by atoms with Gasteiger partial charge in [-0.1, -0.05) is 12.1 Å². The van der Waals surface area contributed by atoms with Gasteiger partial charge < -0.3 is 10.5 Å². The Balaban J connectivity index is 2.42. The zero-order valence-electron chi connectivity index (χ0n) is 11.1. The van der Waals surface area contributed by atoms with Gasteiger partial charge in [-0.2, -0.15) is 0 Å². The first-order valence-electron chi connectivity index (χ1n) is 6.22. The molecule has 2 aromatic rings. The van der Waals surface area contributed by atoms with Gasteiger partial charge in [0, 0.05) is 29.8 Å². The van der Waals surface area contributed by atoms with E-state index in [0.29, 0.717) is 30.2 Å². The fraction of sp³-hybridized carbons (Fsp3) is 0.214. The zero-order valence-corrected chi connectivity index (χ0v) is 11.1. The number of nitrogens with zero attached hydrogens (tertiary/aromatic N) is 2. The lowest BCUT2D eigenvalue weighted by Crippen LogP contribution is -2.03. The molecule has 104 valence electrons. The summed E-state index contributed by atoms with van der Waals surface area (Å²) < 4.78 is 5.43. The highest BCUT2D eigenvalue weighted by Crippen LogP contribution is 2.26. The van der Waals surface area contributed by atoms with Crippen LogP contribution in [0.1, 0.15) is 12.5 Å². The van der Waals surface area contributed by atoms with E-state index in [1.165, 1.54) is 12.1 Å². The first-order valence-corrected chi connectivity index (χ1v) is 6.22. The second kappa shape index (κ2) is 6.12. The van der Waals surface area contributed by atoms with Crippen LogP contribution in [0.5, 0.6) is 5.75 Å². The number of nitrogens with two attached hydrogens (primary N) is 1. The number of ether oxygens (including phenoxy) is 1. The summed E-state index contributed by atoms with van der Waals surface area (Å²) in [5, 5.41) is 10.8. The van der Waals surface area contributed by atoms with Gasteiger partial charge in [0.1, 0.15) is 5.75 Å². The molecule has 2 N–H and O–H groups in total. The monoisotopic (exact) mass is 273 g/mol. The van der Waals surface area contributed by atoms with E-state index in [4.69, 9.17) is 10.5 Å². The topological polar surface area (TPSA) is 91.3 Å². The Kier molecular flexibility index (Phi) is 4.27. The molecule has 0 aliphatic carbocycles. The Morgan fingerprint density at radius 2 is 2.20 bits per heavy atom. The second-order valence-electron chi connectivity index (χ2n) is 4.12. The molecule has 0 aliphatic rings. The second-order valence-corrected chi connectivity index (χ2v) is 4.12. The number of hydrogen-bond acceptors (Lipinski definition) is 5. The third-order valence-corrected chi connectivity index (χ3v) is 2.82. The maximum atomic E-state index is 10.8. The molecule has 0 amide bonds. The molecule has 0 atom stereocenters. The molecule has 2 rings (SSSR count). The molecule has 0 spiro atoms. The van der Waals surface area contributed by atoms with Crippen molar-refractivity contribution in [3.63, 3.8) is 0 Å². The number of rotatable bonds is 5. The van der Waals surface area contributed by atoms with Crippen LogP contribution in [0, 0.1) is 10.1 Å². The molecule has 0 saturated carbocycles. The molecule has 1 aromatic carbocycles. The number of hydrogen-bond donors (Lipinski definition) is 1. The zero-order chi connectivity index (χ0) is 14.5. The van der Waals surface area contributed by atoms with Crippen LogP contribution < -0.4 is 10.5 Å². The van der Waals surface area contributed by atoms with Gasteiger partial charge in [-0.05, 0) is 13.0 Å². The quantitative estimate of drug-likeness (QED) is 0.667. The van der Waals surface area contributed by atoms with Gasteiger partial charge >= 0.3 is 0 Å². The fourth-order valence-electron chi connectivity index (χ4n) is 1.87. The van der Waals surface area contributed by atoms with Crippen LogP contribution in [0.3, 0.4) is 0 Å². The van der Waals surface area contributed by atoms with Crippen LogP contribution in [0.15, 0.2) is 36.5 Å². The number of benzene rings is 1. The molecule has 0 radical (unpaired) electrons. The predicted octanol–water partition coefficient (Wildman–Crippen LogP) is 2.51. The lowest BCUT2D eigenvalue weighted by atomic mass is 10.1. The number of nitro benzene ring substituents is 1. The van der Waals surface area contributed by atoms with Gasteiger partial charge in [0.15, 0.2) is 0 Å². The van der Waals surface area contributed by atoms with Gasteiger partial charge in [-0.3, -0.25) is 15.1 Å².